The lowest BCUT2D eigenvalue weighted by Gasteiger charge is -2.50. The standard InChI is InChI=1S/C61H88O19/c1-27-15-34-8-11-38-28(2)16-36(66-38)13-14-59-24-47-55(79-59)56-57(73-47)58(80-59)54-39(70-56)12-9-35(68-54)17-49(65)74-53-32(6)52-44(69-43(53)18-40(67-34)31(27)5)20-42-46(72-52)23-61(75-42)25-48-51(78-61)30(4)22-60(77-48)21-29(3)50-45(76-60)19-41(71-50)37(64)10-7-33(63)26-62/h27,29-30,32-48,50-58,62-64H,2,5,7-26H2,1,3-4,6H3/t27-,29+,30+,32+,33?,34+,35-,36+,37?,38+,39+,40-,41?,42?,43+,44?,45+,46?,47-,48+,50+,51+,52?,53?,54?,55+,56+,57-,58+,59+,60-,61+/m1/s1. The van der Waals surface area contributed by atoms with E-state index < -0.39 is 66.2 Å². The molecule has 16 saturated heterocycles. The minimum absolute atomic E-state index is 0.0148. The monoisotopic (exact) mass is 1120 g/mol. The SMILES string of the molecule is C=C1C[C@@H]2CC[C@@]34C[C@H]5O[C@@H]6[C@@H](O[C@H]7CC[C@H](CC(=O)OC8[C@@H](C)C9OC%10C[C@]%11(C[C@@H]%12O[C@]%13(C[C@H](C)[C@@H]%14OC(C(O)CCC(O)CO)C[C@@H]%14O%13)C[C@H](C)[C@@H]%12O%11)OC%10CC9O[C@H]8C[C@H]8O[C@@H](CC[C@@H]1O2)C[C@@H](C)C8=C)OC7[C@@H]6O3)[C@H]5O4. The molecule has 19 nitrogen and oxygen atoms in total. The van der Waals surface area contributed by atoms with E-state index in [0.717, 1.165) is 49.7 Å². The number of hydrogen-bond acceptors (Lipinski definition) is 19. The Labute approximate surface area is 469 Å². The predicted molar refractivity (Wildman–Crippen MR) is 278 cm³/mol. The summed E-state index contributed by atoms with van der Waals surface area (Å²) in [5.74, 6) is -2.71. The minimum Gasteiger partial charge on any atom is -0.459 e. The molecule has 0 amide bonds. The van der Waals surface area contributed by atoms with Crippen molar-refractivity contribution in [2.45, 2.75) is 320 Å². The van der Waals surface area contributed by atoms with E-state index in [1.165, 1.54) is 0 Å². The summed E-state index contributed by atoms with van der Waals surface area (Å²) in [6, 6.07) is 0. The van der Waals surface area contributed by atoms with Crippen LogP contribution in [0.1, 0.15) is 150 Å². The quantitative estimate of drug-likeness (QED) is 0.235. The molecule has 80 heavy (non-hydrogen) atoms. The Morgan fingerprint density at radius 1 is 0.500 bits per heavy atom. The van der Waals surface area contributed by atoms with Gasteiger partial charge in [-0.2, -0.15) is 0 Å². The lowest BCUT2D eigenvalue weighted by molar-refractivity contribution is -0.347. The molecular formula is C61H88O19. The second kappa shape index (κ2) is 20.7. The summed E-state index contributed by atoms with van der Waals surface area (Å²) < 4.78 is 104. The summed E-state index contributed by atoms with van der Waals surface area (Å²) in [5, 5.41) is 30.3. The number of fused-ring (bicyclic) bond motifs is 10. The van der Waals surface area contributed by atoms with Gasteiger partial charge in [0, 0.05) is 63.7 Å². The second-order valence-corrected chi connectivity index (χ2v) is 27.9. The van der Waals surface area contributed by atoms with Gasteiger partial charge in [-0.1, -0.05) is 40.9 Å². The Morgan fingerprint density at radius 2 is 1.18 bits per heavy atom. The van der Waals surface area contributed by atoms with Crippen LogP contribution in [0.25, 0.3) is 0 Å². The number of aliphatic hydroxyl groups is 3. The first-order valence-electron chi connectivity index (χ1n) is 31.3. The fourth-order valence-corrected chi connectivity index (χ4v) is 18.3. The van der Waals surface area contributed by atoms with Crippen molar-refractivity contribution in [3.63, 3.8) is 0 Å². The van der Waals surface area contributed by atoms with Crippen LogP contribution in [0.3, 0.4) is 0 Å². The van der Waals surface area contributed by atoms with E-state index in [0.29, 0.717) is 77.0 Å². The number of ether oxygens (including phenoxy) is 15. The molecule has 0 saturated carbocycles. The van der Waals surface area contributed by atoms with Gasteiger partial charge in [-0.3, -0.25) is 4.79 Å². The Hall–Kier alpha value is -1.73. The molecule has 0 aromatic heterocycles. The molecule has 16 rings (SSSR count). The molecule has 16 aliphatic heterocycles. The van der Waals surface area contributed by atoms with Gasteiger partial charge >= 0.3 is 5.97 Å². The van der Waals surface area contributed by atoms with Crippen LogP contribution in [-0.4, -0.2) is 198 Å². The lowest BCUT2D eigenvalue weighted by atomic mass is 9.79. The van der Waals surface area contributed by atoms with E-state index >= 15 is 0 Å². The average Bonchev–Trinajstić information content (AvgIpc) is 4.31. The Morgan fingerprint density at radius 3 is 2.02 bits per heavy atom. The molecule has 3 N–H and O–H groups in total. The molecule has 19 heteroatoms. The van der Waals surface area contributed by atoms with Crippen LogP contribution in [0.5, 0.6) is 0 Å². The summed E-state index contributed by atoms with van der Waals surface area (Å²) in [5.41, 5.74) is 2.15. The Kier molecular flexibility index (Phi) is 14.2. The zero-order valence-electron chi connectivity index (χ0n) is 47.2. The van der Waals surface area contributed by atoms with Crippen molar-refractivity contribution in [3.8, 4) is 0 Å². The fraction of sp³-hybridized carbons (Fsp3) is 0.918. The highest BCUT2D eigenvalue weighted by molar-refractivity contribution is 5.70. The Bertz CT molecular complexity index is 2360. The van der Waals surface area contributed by atoms with E-state index in [-0.39, 0.29) is 146 Å². The number of hydrogen-bond donors (Lipinski definition) is 3. The van der Waals surface area contributed by atoms with E-state index in [1.54, 1.807) is 0 Å². The zero-order valence-corrected chi connectivity index (χ0v) is 47.2. The van der Waals surface area contributed by atoms with Crippen molar-refractivity contribution in [2.24, 2.45) is 23.7 Å². The number of esters is 1. The van der Waals surface area contributed by atoms with Crippen molar-refractivity contribution >= 4 is 5.97 Å². The average molecular weight is 1130 g/mol. The van der Waals surface area contributed by atoms with Gasteiger partial charge in [-0.05, 0) is 86.7 Å². The van der Waals surface area contributed by atoms with Crippen LogP contribution >= 0.6 is 0 Å². The summed E-state index contributed by atoms with van der Waals surface area (Å²) in [6.07, 6.45) is 3.36. The molecule has 32 atom stereocenters. The van der Waals surface area contributed by atoms with Gasteiger partial charge in [-0.25, -0.2) is 0 Å². The molecule has 3 spiro atoms. The third-order valence-corrected chi connectivity index (χ3v) is 22.2. The third-order valence-electron chi connectivity index (χ3n) is 22.2. The summed E-state index contributed by atoms with van der Waals surface area (Å²) >= 11 is 0. The smallest absolute Gasteiger partial charge is 0.308 e. The van der Waals surface area contributed by atoms with Crippen LogP contribution in [-0.2, 0) is 75.8 Å². The van der Waals surface area contributed by atoms with Crippen molar-refractivity contribution < 1.29 is 91.2 Å². The minimum atomic E-state index is -0.919. The predicted octanol–water partition coefficient (Wildman–Crippen LogP) is 5.32. The van der Waals surface area contributed by atoms with Gasteiger partial charge in [-0.15, -0.1) is 0 Å². The summed E-state index contributed by atoms with van der Waals surface area (Å²) in [6.45, 7) is 17.5. The fourth-order valence-electron chi connectivity index (χ4n) is 18.3. The van der Waals surface area contributed by atoms with Gasteiger partial charge in [0.2, 0.25) is 0 Å². The lowest BCUT2D eigenvalue weighted by Crippen LogP contribution is -2.62. The summed E-state index contributed by atoms with van der Waals surface area (Å²) in [4.78, 5) is 14.6. The van der Waals surface area contributed by atoms with Gasteiger partial charge in [0.25, 0.3) is 0 Å². The molecule has 0 aromatic carbocycles. The van der Waals surface area contributed by atoms with Crippen LogP contribution in [0.15, 0.2) is 24.3 Å². The van der Waals surface area contributed by atoms with Gasteiger partial charge in [0.15, 0.2) is 17.4 Å². The second-order valence-electron chi connectivity index (χ2n) is 27.9. The highest BCUT2D eigenvalue weighted by Crippen LogP contribution is 2.58. The number of rotatable bonds is 5. The normalized spacial score (nSPS) is 56.6. The number of aliphatic hydroxyl groups excluding tert-OH is 3. The molecule has 446 valence electrons. The maximum absolute atomic E-state index is 14.6. The number of carbonyl (C=O) groups is 1. The molecule has 0 radical (unpaired) electrons. The topological polar surface area (TPSA) is 216 Å². The molecular weight excluding hydrogens is 1040 g/mol. The first-order chi connectivity index (χ1) is 38.5. The van der Waals surface area contributed by atoms with E-state index in [4.69, 9.17) is 71.1 Å². The van der Waals surface area contributed by atoms with Crippen LogP contribution in [0, 0.1) is 23.7 Å². The van der Waals surface area contributed by atoms with Crippen LogP contribution in [0.2, 0.25) is 0 Å². The zero-order chi connectivity index (χ0) is 54.7. The highest BCUT2D eigenvalue weighted by Gasteiger charge is 2.70. The van der Waals surface area contributed by atoms with E-state index in [9.17, 15) is 20.1 Å². The Balaban J connectivity index is 0.649. The van der Waals surface area contributed by atoms with Crippen LogP contribution < -0.4 is 0 Å². The molecule has 16 fully saturated rings. The van der Waals surface area contributed by atoms with Crippen LogP contribution in [0.4, 0.5) is 0 Å². The molecule has 12 bridgehead atoms. The van der Waals surface area contributed by atoms with Crippen molar-refractivity contribution in [2.75, 3.05) is 6.61 Å². The van der Waals surface area contributed by atoms with Gasteiger partial charge < -0.3 is 86.4 Å². The van der Waals surface area contributed by atoms with Crippen molar-refractivity contribution in [3.05, 3.63) is 24.3 Å². The van der Waals surface area contributed by atoms with Gasteiger partial charge in [0.1, 0.15) is 36.6 Å². The van der Waals surface area contributed by atoms with E-state index in [2.05, 4.69) is 40.9 Å². The van der Waals surface area contributed by atoms with Crippen molar-refractivity contribution in [1.29, 1.82) is 0 Å². The van der Waals surface area contributed by atoms with E-state index in [1.807, 2.05) is 0 Å². The molecule has 16 heterocycles. The van der Waals surface area contributed by atoms with Crippen molar-refractivity contribution in [1.82, 2.24) is 0 Å². The largest absolute Gasteiger partial charge is 0.459 e. The summed E-state index contributed by atoms with van der Waals surface area (Å²) in [7, 11) is 0. The first-order valence-corrected chi connectivity index (χ1v) is 31.3. The molecule has 16 aliphatic rings. The maximum atomic E-state index is 14.6. The molecule has 0 aliphatic carbocycles. The third kappa shape index (κ3) is 9.59. The van der Waals surface area contributed by atoms with Gasteiger partial charge in [0.05, 0.1) is 129 Å². The number of carbonyl (C=O) groups excluding carboxylic acids is 1. The highest BCUT2D eigenvalue weighted by atomic mass is 16.8. The molecule has 0 aromatic rings. The maximum Gasteiger partial charge on any atom is 0.308 e. The molecule has 9 unspecified atom stereocenters. The first kappa shape index (κ1) is 54.9.